The van der Waals surface area contributed by atoms with Crippen molar-refractivity contribution in [3.05, 3.63) is 65.7 Å². The first-order valence-corrected chi connectivity index (χ1v) is 8.29. The quantitative estimate of drug-likeness (QED) is 0.810. The summed E-state index contributed by atoms with van der Waals surface area (Å²) in [5.74, 6) is 0.529. The van der Waals surface area contributed by atoms with Crippen molar-refractivity contribution in [3.63, 3.8) is 0 Å². The van der Waals surface area contributed by atoms with E-state index >= 15 is 0 Å². The molecule has 22 heavy (non-hydrogen) atoms. The summed E-state index contributed by atoms with van der Waals surface area (Å²) in [6.07, 6.45) is 0.282. The van der Waals surface area contributed by atoms with E-state index in [-0.39, 0.29) is 23.5 Å². The van der Waals surface area contributed by atoms with Crippen LogP contribution in [0.25, 0.3) is 0 Å². The predicted octanol–water partition coefficient (Wildman–Crippen LogP) is 3.56. The van der Waals surface area contributed by atoms with Gasteiger partial charge in [0.05, 0.1) is 10.9 Å². The van der Waals surface area contributed by atoms with Crippen LogP contribution in [0.1, 0.15) is 17.5 Å². The molecule has 3 nitrogen and oxygen atoms in total. The van der Waals surface area contributed by atoms with Crippen LogP contribution in [-0.4, -0.2) is 17.1 Å². The third kappa shape index (κ3) is 3.07. The van der Waals surface area contributed by atoms with Gasteiger partial charge < -0.3 is 0 Å². The number of imide groups is 1. The topological polar surface area (TPSA) is 37.4 Å². The van der Waals surface area contributed by atoms with Crippen LogP contribution in [-0.2, 0) is 15.3 Å². The third-order valence-corrected chi connectivity index (χ3v) is 4.96. The van der Waals surface area contributed by atoms with Crippen molar-refractivity contribution in [2.24, 2.45) is 0 Å². The number of hydrogen-bond donors (Lipinski definition) is 0. The van der Waals surface area contributed by atoms with E-state index in [2.05, 4.69) is 0 Å². The molecule has 0 bridgehead atoms. The molecular formula is C18H17NO2S. The second-order valence-electron chi connectivity index (χ2n) is 5.39. The van der Waals surface area contributed by atoms with Crippen LogP contribution in [0, 0.1) is 6.92 Å². The van der Waals surface area contributed by atoms with Gasteiger partial charge in [-0.3, -0.25) is 9.59 Å². The second kappa shape index (κ2) is 6.36. The lowest BCUT2D eigenvalue weighted by atomic mass is 10.2. The highest BCUT2D eigenvalue weighted by Crippen LogP contribution is 2.31. The molecule has 2 aromatic carbocycles. The molecule has 0 N–H and O–H groups in total. The number of anilines is 1. The predicted molar refractivity (Wildman–Crippen MR) is 89.8 cm³/mol. The Kier molecular flexibility index (Phi) is 4.29. The summed E-state index contributed by atoms with van der Waals surface area (Å²) < 4.78 is 0. The molecule has 1 atom stereocenters. The Bertz CT molecular complexity index is 682. The Hall–Kier alpha value is -2.07. The summed E-state index contributed by atoms with van der Waals surface area (Å²) in [5, 5.41) is -0.283. The van der Waals surface area contributed by atoms with E-state index < -0.39 is 0 Å². The van der Waals surface area contributed by atoms with Gasteiger partial charge in [0, 0.05) is 12.2 Å². The molecule has 3 rings (SSSR count). The highest BCUT2D eigenvalue weighted by Gasteiger charge is 2.39. The number of carbonyl (C=O) groups is 2. The molecule has 1 heterocycles. The maximum absolute atomic E-state index is 12.5. The molecule has 0 aromatic heterocycles. The summed E-state index contributed by atoms with van der Waals surface area (Å²) in [5.41, 5.74) is 2.95. The number of rotatable bonds is 4. The molecule has 1 aliphatic rings. The highest BCUT2D eigenvalue weighted by molar-refractivity contribution is 7.99. The van der Waals surface area contributed by atoms with Gasteiger partial charge in [0.25, 0.3) is 0 Å². The molecule has 2 amide bonds. The Morgan fingerprint density at radius 3 is 2.41 bits per heavy atom. The van der Waals surface area contributed by atoms with Crippen LogP contribution in [0.2, 0.25) is 0 Å². The number of benzene rings is 2. The lowest BCUT2D eigenvalue weighted by Gasteiger charge is -2.15. The van der Waals surface area contributed by atoms with Gasteiger partial charge in [-0.15, -0.1) is 11.8 Å². The molecule has 1 unspecified atom stereocenters. The van der Waals surface area contributed by atoms with Crippen LogP contribution < -0.4 is 4.90 Å². The van der Waals surface area contributed by atoms with Gasteiger partial charge in [-0.1, -0.05) is 48.0 Å². The van der Waals surface area contributed by atoms with Crippen LogP contribution >= 0.6 is 11.8 Å². The van der Waals surface area contributed by atoms with Crippen molar-refractivity contribution in [1.82, 2.24) is 0 Å². The smallest absolute Gasteiger partial charge is 0.247 e. The molecule has 0 spiro atoms. The van der Waals surface area contributed by atoms with Crippen LogP contribution in [0.3, 0.4) is 0 Å². The first-order valence-electron chi connectivity index (χ1n) is 7.24. The molecule has 1 fully saturated rings. The lowest BCUT2D eigenvalue weighted by molar-refractivity contribution is -0.121. The van der Waals surface area contributed by atoms with Crippen LogP contribution in [0.15, 0.2) is 54.6 Å². The summed E-state index contributed by atoms with van der Waals surface area (Å²) in [4.78, 5) is 26.0. The van der Waals surface area contributed by atoms with Crippen molar-refractivity contribution >= 4 is 29.3 Å². The fourth-order valence-electron chi connectivity index (χ4n) is 2.47. The number of amides is 2. The number of hydrogen-bond acceptors (Lipinski definition) is 3. The Morgan fingerprint density at radius 1 is 1.05 bits per heavy atom. The van der Waals surface area contributed by atoms with Crippen LogP contribution in [0.5, 0.6) is 0 Å². The number of carbonyl (C=O) groups excluding carboxylic acids is 2. The van der Waals surface area contributed by atoms with Gasteiger partial charge in [-0.25, -0.2) is 4.90 Å². The highest BCUT2D eigenvalue weighted by atomic mass is 32.2. The Labute approximate surface area is 134 Å². The average molecular weight is 311 g/mol. The van der Waals surface area contributed by atoms with Gasteiger partial charge in [-0.05, 0) is 24.6 Å². The van der Waals surface area contributed by atoms with Crippen molar-refractivity contribution in [1.29, 1.82) is 0 Å². The molecule has 2 aromatic rings. The molecule has 112 valence electrons. The zero-order valence-corrected chi connectivity index (χ0v) is 13.2. The van der Waals surface area contributed by atoms with E-state index in [0.717, 1.165) is 11.3 Å². The minimum Gasteiger partial charge on any atom is -0.274 e. The van der Waals surface area contributed by atoms with Crippen molar-refractivity contribution in [2.45, 2.75) is 24.3 Å². The fourth-order valence-corrected chi connectivity index (χ4v) is 3.56. The minimum absolute atomic E-state index is 0.102. The van der Waals surface area contributed by atoms with E-state index in [9.17, 15) is 9.59 Å². The molecule has 0 radical (unpaired) electrons. The van der Waals surface area contributed by atoms with E-state index in [1.165, 1.54) is 22.2 Å². The maximum atomic E-state index is 12.5. The van der Waals surface area contributed by atoms with E-state index in [1.807, 2.05) is 61.5 Å². The van der Waals surface area contributed by atoms with Crippen molar-refractivity contribution in [2.75, 3.05) is 4.90 Å². The molecule has 0 saturated carbocycles. The van der Waals surface area contributed by atoms with Gasteiger partial charge in [0.2, 0.25) is 11.8 Å². The van der Waals surface area contributed by atoms with E-state index in [0.29, 0.717) is 5.69 Å². The molecule has 1 aliphatic heterocycles. The Balaban J connectivity index is 1.70. The summed E-state index contributed by atoms with van der Waals surface area (Å²) in [7, 11) is 0. The third-order valence-electron chi connectivity index (χ3n) is 3.69. The lowest BCUT2D eigenvalue weighted by Crippen LogP contribution is -2.31. The SMILES string of the molecule is Cc1ccc(N2C(=O)CC(SCc3ccccc3)C2=O)cc1. The molecular weight excluding hydrogens is 294 g/mol. The molecule has 1 saturated heterocycles. The normalized spacial score (nSPS) is 18.0. The molecule has 0 aliphatic carbocycles. The zero-order chi connectivity index (χ0) is 15.5. The van der Waals surface area contributed by atoms with Gasteiger partial charge in [0.1, 0.15) is 0 Å². The van der Waals surface area contributed by atoms with Crippen molar-refractivity contribution in [3.8, 4) is 0 Å². The second-order valence-corrected chi connectivity index (χ2v) is 6.58. The zero-order valence-electron chi connectivity index (χ0n) is 12.4. The summed E-state index contributed by atoms with van der Waals surface area (Å²) in [6.45, 7) is 1.98. The van der Waals surface area contributed by atoms with E-state index in [1.54, 1.807) is 0 Å². The first-order chi connectivity index (χ1) is 10.6. The monoisotopic (exact) mass is 311 g/mol. The number of thioether (sulfide) groups is 1. The standard InChI is InChI=1S/C18H17NO2S/c1-13-7-9-15(10-8-13)19-17(20)11-16(18(19)21)22-12-14-5-3-2-4-6-14/h2-10,16H,11-12H2,1H3. The fraction of sp³-hybridized carbons (Fsp3) is 0.222. The molecule has 4 heteroatoms. The van der Waals surface area contributed by atoms with E-state index in [4.69, 9.17) is 0 Å². The van der Waals surface area contributed by atoms with Gasteiger partial charge in [-0.2, -0.15) is 0 Å². The Morgan fingerprint density at radius 2 is 1.73 bits per heavy atom. The van der Waals surface area contributed by atoms with Crippen LogP contribution in [0.4, 0.5) is 5.69 Å². The van der Waals surface area contributed by atoms with Gasteiger partial charge in [0.15, 0.2) is 0 Å². The van der Waals surface area contributed by atoms with Gasteiger partial charge >= 0.3 is 0 Å². The maximum Gasteiger partial charge on any atom is 0.247 e. The minimum atomic E-state index is -0.283. The first kappa shape index (κ1) is 14.9. The largest absolute Gasteiger partial charge is 0.274 e. The number of aryl methyl sites for hydroxylation is 1. The summed E-state index contributed by atoms with van der Waals surface area (Å²) in [6, 6.07) is 17.5. The number of nitrogens with zero attached hydrogens (tertiary/aromatic N) is 1. The van der Waals surface area contributed by atoms with Crippen molar-refractivity contribution < 1.29 is 9.59 Å². The average Bonchev–Trinajstić information content (AvgIpc) is 2.82. The summed E-state index contributed by atoms with van der Waals surface area (Å²) >= 11 is 1.54.